The number of hydrogen-bond acceptors (Lipinski definition) is 15. The van der Waals surface area contributed by atoms with E-state index >= 15 is 0 Å². The van der Waals surface area contributed by atoms with Crippen molar-refractivity contribution in [1.29, 1.82) is 0 Å². The molecule has 0 fully saturated rings. The first-order chi connectivity index (χ1) is 51.6. The molecule has 12 aromatic rings. The largest absolute Gasteiger partial charge is 0.542 e. The molecule has 0 radical (unpaired) electrons. The van der Waals surface area contributed by atoms with Crippen molar-refractivity contribution in [2.45, 2.75) is 256 Å². The summed E-state index contributed by atoms with van der Waals surface area (Å²) in [5.74, 6) is 7.05. The summed E-state index contributed by atoms with van der Waals surface area (Å²) in [5.41, 5.74) is 23.1. The van der Waals surface area contributed by atoms with Crippen molar-refractivity contribution in [2.24, 2.45) is 0 Å². The second-order valence-electron chi connectivity index (χ2n) is 30.2. The fourth-order valence-electron chi connectivity index (χ4n) is 13.5. The third-order valence-corrected chi connectivity index (χ3v) is 21.4. The van der Waals surface area contributed by atoms with E-state index in [1.807, 2.05) is 104 Å². The smallest absolute Gasteiger partial charge is 0.321 e. The number of rotatable bonds is 15. The number of nitrogens with zero attached hydrogens (tertiary/aromatic N) is 16. The van der Waals surface area contributed by atoms with Gasteiger partial charge in [0.15, 0.2) is 5.58 Å². The Bertz CT molecular complexity index is 5010. The van der Waals surface area contributed by atoms with Crippen LogP contribution in [0.5, 0.6) is 17.4 Å². The molecule has 2 aliphatic heterocycles. The number of pyridine rings is 2. The standard InChI is InChI=1S/C16H22N2OSi.C15H17N3O.C14H19N3O.C14H17N3.C13H17N3O.C13H19N3O.6CH4/c1-11(2)13-6-7-15(18-8-12(3)17-10-18)16-14(13)9-20(4,5)19-16;1-4-11-8-18(9-16-11)14-6-5-12(10(2)3)13-7-17-19-15(13)14;1-5-18-14-8-12(10(2)3)6-7-13(14)17-9-15-11(4)16-17;1-9(2)11-6-7-14(13-5-4-12(11)13)17-8-15-10(3)16-17;1-9(2)11-5-6-12(13(15-11)17-4)16-7-10(3)14-8-16;1-9(2)10-6-7-12-11(15-10)5-4-8-16(12)13(17)14-3;;;;;;/h6-8,10-11H,9H2,1-5H3;5-10H,4H2,1-3H3;6-10H,5H2,1-4H3;6-9H,4-5H2,1-3H3;5-9H,1-4H3;6-7,9H,4-5,8H2,1-3H3,(H,14,17);6*1H4. The zero-order chi connectivity index (χ0) is 77.8. The lowest BCUT2D eigenvalue weighted by molar-refractivity contribution is 0.247. The predicted octanol–water partition coefficient (Wildman–Crippen LogP) is 22.4. The molecule has 618 valence electrons. The number of hydrogen-bond donors (Lipinski definition) is 1. The molecule has 8 aromatic heterocycles. The second-order valence-corrected chi connectivity index (χ2v) is 34.3. The lowest BCUT2D eigenvalue weighted by Crippen LogP contribution is -2.41. The third kappa shape index (κ3) is 22.7. The number of ether oxygens (including phenoxy) is 2. The second kappa shape index (κ2) is 42.5. The van der Waals surface area contributed by atoms with E-state index in [-0.39, 0.29) is 50.6 Å². The number of aromatic nitrogens is 15. The maximum Gasteiger partial charge on any atom is 0.321 e. The molecule has 3 aliphatic rings. The van der Waals surface area contributed by atoms with Gasteiger partial charge in [-0.2, -0.15) is 10.2 Å². The van der Waals surface area contributed by atoms with Crippen LogP contribution in [0.25, 0.3) is 39.4 Å². The maximum atomic E-state index is 11.7. The van der Waals surface area contributed by atoms with Gasteiger partial charge in [-0.25, -0.2) is 44.1 Å². The van der Waals surface area contributed by atoms with Crippen LogP contribution < -0.4 is 24.1 Å². The summed E-state index contributed by atoms with van der Waals surface area (Å²) in [6, 6.07) is 28.4. The van der Waals surface area contributed by atoms with Crippen LogP contribution in [0.3, 0.4) is 0 Å². The molecule has 4 aromatic carbocycles. The first kappa shape index (κ1) is 95.8. The summed E-state index contributed by atoms with van der Waals surface area (Å²) in [5, 5.41) is 16.4. The fraction of sp³-hybridized carbons (Fsp3) is 0.462. The van der Waals surface area contributed by atoms with E-state index in [0.29, 0.717) is 48.0 Å². The number of nitrogens with one attached hydrogen (secondary N) is 1. The number of amides is 2. The number of benzene rings is 4. The molecule has 15 rings (SSSR count). The van der Waals surface area contributed by atoms with Crippen molar-refractivity contribution in [2.75, 3.05) is 32.2 Å². The maximum absolute atomic E-state index is 11.7. The molecule has 10 heterocycles. The topological polar surface area (TPSA) is 227 Å². The number of methoxy groups -OCH3 is 1. The number of carbonyl (C=O) groups is 1. The average Bonchev–Trinajstić information content (AvgIpc) is 1.73. The Morgan fingerprint density at radius 1 is 0.544 bits per heavy atom. The Kier molecular flexibility index (Phi) is 35.7. The number of anilines is 1. The molecular formula is C91H135N17O5Si. The van der Waals surface area contributed by atoms with Gasteiger partial charge in [0.1, 0.15) is 47.2 Å². The van der Waals surface area contributed by atoms with E-state index in [1.54, 1.807) is 48.9 Å². The Morgan fingerprint density at radius 3 is 1.57 bits per heavy atom. The Morgan fingerprint density at radius 2 is 1.06 bits per heavy atom. The van der Waals surface area contributed by atoms with Crippen LogP contribution in [0.2, 0.25) is 13.1 Å². The molecule has 0 atom stereocenters. The average molecular weight is 1580 g/mol. The Hall–Kier alpha value is -10.6. The van der Waals surface area contributed by atoms with E-state index in [2.05, 4.69) is 218 Å². The highest BCUT2D eigenvalue weighted by Crippen LogP contribution is 2.43. The quantitative estimate of drug-likeness (QED) is 0.0942. The highest BCUT2D eigenvalue weighted by atomic mass is 28.4. The number of carbonyl (C=O) groups excluding carboxylic acids is 1. The van der Waals surface area contributed by atoms with Crippen LogP contribution >= 0.6 is 0 Å². The van der Waals surface area contributed by atoms with Gasteiger partial charge in [0.2, 0.25) is 14.2 Å². The summed E-state index contributed by atoms with van der Waals surface area (Å²) >= 11 is 0. The molecule has 0 saturated carbocycles. The van der Waals surface area contributed by atoms with Crippen LogP contribution in [0.4, 0.5) is 10.5 Å². The number of urea groups is 1. The van der Waals surface area contributed by atoms with Crippen LogP contribution in [0.1, 0.15) is 268 Å². The van der Waals surface area contributed by atoms with Gasteiger partial charge in [0.05, 0.1) is 84.4 Å². The first-order valence-electron chi connectivity index (χ1n) is 38.1. The van der Waals surface area contributed by atoms with E-state index in [1.165, 1.54) is 57.5 Å². The van der Waals surface area contributed by atoms with Gasteiger partial charge in [0.25, 0.3) is 0 Å². The summed E-state index contributed by atoms with van der Waals surface area (Å²) < 4.78 is 32.5. The van der Waals surface area contributed by atoms with E-state index < -0.39 is 8.32 Å². The zero-order valence-electron chi connectivity index (χ0n) is 67.5. The molecule has 22 nitrogen and oxygen atoms in total. The summed E-state index contributed by atoms with van der Waals surface area (Å²) in [6.45, 7) is 44.1. The molecule has 0 bridgehead atoms. The lowest BCUT2D eigenvalue weighted by atomic mass is 9.80. The van der Waals surface area contributed by atoms with E-state index in [4.69, 9.17) is 18.4 Å². The molecule has 0 spiro atoms. The molecule has 114 heavy (non-hydrogen) atoms. The van der Waals surface area contributed by atoms with Crippen molar-refractivity contribution in [3.05, 3.63) is 220 Å². The number of imidazole rings is 3. The fourth-order valence-corrected chi connectivity index (χ4v) is 15.6. The molecular weight excluding hydrogens is 1440 g/mol. The van der Waals surface area contributed by atoms with Crippen molar-refractivity contribution in [3.8, 4) is 45.8 Å². The van der Waals surface area contributed by atoms with Gasteiger partial charge in [0, 0.05) is 55.0 Å². The zero-order valence-corrected chi connectivity index (χ0v) is 68.5. The van der Waals surface area contributed by atoms with Gasteiger partial charge in [-0.3, -0.25) is 9.88 Å². The molecule has 1 N–H and O–H groups in total. The van der Waals surface area contributed by atoms with E-state index in [0.717, 1.165) is 129 Å². The SMILES string of the molecule is C.C.C.C.C.C.CCOc1cc(C(C)C)ccc1-n1cnc(C)n1.CCc1cn(-c2ccc(C(C)C)c3cnoc23)cn1.CNC(=O)N1CCCc2nc(C(C)C)ccc21.COc1nc(C(C)C)ccc1-n1cnc(C)c1.Cc1cn(-c2ccc(C(C)C)c3c2O[Si](C)(C)C3)cn1.Cc1ncn(-c2ccc(C(C)C)c3c2CC3)n1. The summed E-state index contributed by atoms with van der Waals surface area (Å²) in [6.07, 6.45) is 22.1. The summed E-state index contributed by atoms with van der Waals surface area (Å²) in [4.78, 5) is 43.9. The molecule has 0 unspecified atom stereocenters. The minimum absolute atomic E-state index is 0. The van der Waals surface area contributed by atoms with Crippen LogP contribution in [0.15, 0.2) is 140 Å². The lowest BCUT2D eigenvalue weighted by Gasteiger charge is -2.28. The van der Waals surface area contributed by atoms with Gasteiger partial charge in [-0.1, -0.05) is 164 Å². The van der Waals surface area contributed by atoms with Crippen molar-refractivity contribution in [1.82, 2.24) is 78.6 Å². The highest BCUT2D eigenvalue weighted by Gasteiger charge is 2.37. The number of fused-ring (bicyclic) bond motifs is 4. The van der Waals surface area contributed by atoms with Crippen molar-refractivity contribution >= 4 is 31.0 Å². The van der Waals surface area contributed by atoms with Crippen LogP contribution in [0, 0.1) is 27.7 Å². The van der Waals surface area contributed by atoms with Crippen LogP contribution in [-0.2, 0) is 31.7 Å². The minimum atomic E-state index is -1.61. The molecule has 23 heteroatoms. The minimum Gasteiger partial charge on any atom is -0.542 e. The third-order valence-electron chi connectivity index (χ3n) is 19.4. The van der Waals surface area contributed by atoms with Gasteiger partial charge in [-0.05, 0) is 209 Å². The Labute approximate surface area is 683 Å². The highest BCUT2D eigenvalue weighted by molar-refractivity contribution is 6.72. The van der Waals surface area contributed by atoms with Crippen molar-refractivity contribution < 1.29 is 23.2 Å². The van der Waals surface area contributed by atoms with Crippen LogP contribution in [-0.4, -0.2) is 115 Å². The predicted molar refractivity (Wildman–Crippen MR) is 473 cm³/mol. The molecule has 0 saturated heterocycles. The molecule has 2 amide bonds. The van der Waals surface area contributed by atoms with Gasteiger partial charge >= 0.3 is 6.03 Å². The molecule has 1 aliphatic carbocycles. The Balaban J connectivity index is 0.000000285. The number of aryl methyl sites for hydroxylation is 6. The van der Waals surface area contributed by atoms with Gasteiger partial charge in [-0.15, -0.1) is 0 Å². The normalized spacial score (nSPS) is 12.4. The summed E-state index contributed by atoms with van der Waals surface area (Å²) in [7, 11) is 1.68. The van der Waals surface area contributed by atoms with Gasteiger partial charge < -0.3 is 37.4 Å². The monoisotopic (exact) mass is 1570 g/mol. The van der Waals surface area contributed by atoms with E-state index in [9.17, 15) is 4.79 Å². The first-order valence-corrected chi connectivity index (χ1v) is 41.2. The van der Waals surface area contributed by atoms with Crippen molar-refractivity contribution in [3.63, 3.8) is 0 Å².